The maximum Gasteiger partial charge on any atom is 0.293 e. The van der Waals surface area contributed by atoms with Crippen LogP contribution in [0.1, 0.15) is 0 Å². The molecule has 4 nitrogen and oxygen atoms in total. The van der Waals surface area contributed by atoms with Crippen LogP contribution in [0, 0.1) is 0 Å². The van der Waals surface area contributed by atoms with Gasteiger partial charge in [0.05, 0.1) is 6.54 Å². The van der Waals surface area contributed by atoms with E-state index in [9.17, 15) is 4.79 Å². The number of halogens is 1. The van der Waals surface area contributed by atoms with Crippen LogP contribution in [-0.2, 0) is 7.05 Å². The van der Waals surface area contributed by atoms with Crippen LogP contribution in [0.2, 0.25) is 0 Å². The SMILES string of the molecule is C=C(Cl)CNc1nccn(C)c1=O. The number of aryl methyl sites for hydroxylation is 1. The van der Waals surface area contributed by atoms with Gasteiger partial charge in [-0.2, -0.15) is 0 Å². The third-order valence-electron chi connectivity index (χ3n) is 1.46. The molecule has 70 valence electrons. The van der Waals surface area contributed by atoms with Crippen LogP contribution >= 0.6 is 11.6 Å². The number of hydrogen-bond donors (Lipinski definition) is 1. The van der Waals surface area contributed by atoms with Crippen molar-refractivity contribution in [2.45, 2.75) is 0 Å². The van der Waals surface area contributed by atoms with Gasteiger partial charge < -0.3 is 9.88 Å². The van der Waals surface area contributed by atoms with Gasteiger partial charge in [-0.25, -0.2) is 4.98 Å². The number of rotatable bonds is 3. The second kappa shape index (κ2) is 4.09. The molecule has 0 saturated heterocycles. The van der Waals surface area contributed by atoms with Crippen molar-refractivity contribution < 1.29 is 0 Å². The Bertz CT molecular complexity index is 372. The van der Waals surface area contributed by atoms with Gasteiger partial charge in [0.1, 0.15) is 0 Å². The summed E-state index contributed by atoms with van der Waals surface area (Å²) in [5, 5.41) is 3.21. The van der Waals surface area contributed by atoms with Crippen LogP contribution in [-0.4, -0.2) is 16.1 Å². The number of nitrogens with zero attached hydrogens (tertiary/aromatic N) is 2. The first-order valence-corrected chi connectivity index (χ1v) is 4.08. The number of aromatic nitrogens is 2. The maximum absolute atomic E-state index is 11.3. The van der Waals surface area contributed by atoms with Gasteiger partial charge in [-0.1, -0.05) is 18.2 Å². The fourth-order valence-electron chi connectivity index (χ4n) is 0.799. The summed E-state index contributed by atoms with van der Waals surface area (Å²) >= 11 is 5.53. The topological polar surface area (TPSA) is 46.9 Å². The summed E-state index contributed by atoms with van der Waals surface area (Å²) in [7, 11) is 1.66. The molecule has 0 aromatic carbocycles. The minimum atomic E-state index is -0.180. The molecule has 0 unspecified atom stereocenters. The van der Waals surface area contributed by atoms with Crippen molar-refractivity contribution in [1.82, 2.24) is 9.55 Å². The Labute approximate surface area is 80.9 Å². The number of anilines is 1. The first-order valence-electron chi connectivity index (χ1n) is 3.70. The van der Waals surface area contributed by atoms with Crippen LogP contribution in [0.5, 0.6) is 0 Å². The first-order chi connectivity index (χ1) is 6.11. The fourth-order valence-corrected chi connectivity index (χ4v) is 0.866. The van der Waals surface area contributed by atoms with E-state index in [1.165, 1.54) is 4.57 Å². The van der Waals surface area contributed by atoms with Gasteiger partial charge in [0.2, 0.25) is 0 Å². The largest absolute Gasteiger partial charge is 0.361 e. The van der Waals surface area contributed by atoms with E-state index < -0.39 is 0 Å². The summed E-state index contributed by atoms with van der Waals surface area (Å²) < 4.78 is 1.44. The summed E-state index contributed by atoms with van der Waals surface area (Å²) in [5.41, 5.74) is -0.180. The molecule has 0 amide bonds. The zero-order valence-electron chi connectivity index (χ0n) is 7.25. The lowest BCUT2D eigenvalue weighted by Gasteiger charge is -2.03. The molecule has 0 spiro atoms. The van der Waals surface area contributed by atoms with E-state index in [2.05, 4.69) is 16.9 Å². The Balaban J connectivity index is 2.84. The highest BCUT2D eigenvalue weighted by molar-refractivity contribution is 6.29. The van der Waals surface area contributed by atoms with Gasteiger partial charge in [0, 0.05) is 24.5 Å². The molecular formula is C8H10ClN3O. The molecular weight excluding hydrogens is 190 g/mol. The van der Waals surface area contributed by atoms with Crippen molar-refractivity contribution in [3.05, 3.63) is 34.4 Å². The average molecular weight is 200 g/mol. The van der Waals surface area contributed by atoms with E-state index >= 15 is 0 Å². The van der Waals surface area contributed by atoms with Gasteiger partial charge in [0.25, 0.3) is 5.56 Å². The Morgan fingerprint density at radius 1 is 1.85 bits per heavy atom. The molecule has 0 aliphatic rings. The van der Waals surface area contributed by atoms with E-state index in [1.54, 1.807) is 19.4 Å². The standard InChI is InChI=1S/C8H10ClN3O/c1-6(9)5-11-7-8(13)12(2)4-3-10-7/h3-4H,1,5H2,2H3,(H,10,11). The summed E-state index contributed by atoms with van der Waals surface area (Å²) in [6, 6.07) is 0. The molecule has 0 aliphatic heterocycles. The van der Waals surface area contributed by atoms with E-state index in [-0.39, 0.29) is 11.4 Å². The molecule has 0 aliphatic carbocycles. The normalized spacial score (nSPS) is 9.69. The Morgan fingerprint density at radius 3 is 3.15 bits per heavy atom. The molecule has 0 atom stereocenters. The van der Waals surface area contributed by atoms with Gasteiger partial charge >= 0.3 is 0 Å². The Morgan fingerprint density at radius 2 is 2.54 bits per heavy atom. The summed E-state index contributed by atoms with van der Waals surface area (Å²) in [6.45, 7) is 3.83. The molecule has 1 rings (SSSR count). The summed E-state index contributed by atoms with van der Waals surface area (Å²) in [6.07, 6.45) is 3.13. The van der Waals surface area contributed by atoms with Crippen molar-refractivity contribution in [3.63, 3.8) is 0 Å². The van der Waals surface area contributed by atoms with Crippen molar-refractivity contribution in [3.8, 4) is 0 Å². The Hall–Kier alpha value is -1.29. The van der Waals surface area contributed by atoms with Crippen LogP contribution in [0.15, 0.2) is 28.8 Å². The van der Waals surface area contributed by atoms with Crippen molar-refractivity contribution >= 4 is 17.4 Å². The smallest absolute Gasteiger partial charge is 0.293 e. The van der Waals surface area contributed by atoms with Gasteiger partial charge in [-0.15, -0.1) is 0 Å². The Kier molecular flexibility index (Phi) is 3.08. The molecule has 5 heteroatoms. The third kappa shape index (κ3) is 2.59. The second-order valence-corrected chi connectivity index (χ2v) is 3.10. The highest BCUT2D eigenvalue weighted by Crippen LogP contribution is 1.98. The molecule has 0 bridgehead atoms. The minimum Gasteiger partial charge on any atom is -0.361 e. The number of hydrogen-bond acceptors (Lipinski definition) is 3. The van der Waals surface area contributed by atoms with E-state index in [0.717, 1.165) is 0 Å². The zero-order chi connectivity index (χ0) is 9.84. The first kappa shape index (κ1) is 9.80. The molecule has 0 radical (unpaired) electrons. The average Bonchev–Trinajstić information content (AvgIpc) is 2.07. The van der Waals surface area contributed by atoms with Crippen LogP contribution in [0.3, 0.4) is 0 Å². The second-order valence-electron chi connectivity index (χ2n) is 2.56. The molecule has 0 fully saturated rings. The molecule has 1 N–H and O–H groups in total. The molecule has 0 saturated carbocycles. The van der Waals surface area contributed by atoms with Crippen molar-refractivity contribution in [2.24, 2.45) is 7.05 Å². The van der Waals surface area contributed by atoms with Crippen LogP contribution in [0.25, 0.3) is 0 Å². The molecule has 1 aromatic rings. The highest BCUT2D eigenvalue weighted by Gasteiger charge is 2.00. The summed E-state index contributed by atoms with van der Waals surface area (Å²) in [5.74, 6) is 0.284. The fraction of sp³-hybridized carbons (Fsp3) is 0.250. The molecule has 1 heterocycles. The predicted octanol–water partition coefficient (Wildman–Crippen LogP) is 0.945. The lowest BCUT2D eigenvalue weighted by molar-refractivity contribution is 0.842. The lowest BCUT2D eigenvalue weighted by atomic mass is 10.5. The van der Waals surface area contributed by atoms with Gasteiger partial charge in [-0.3, -0.25) is 4.79 Å². The molecule has 13 heavy (non-hydrogen) atoms. The maximum atomic E-state index is 11.3. The van der Waals surface area contributed by atoms with E-state index in [1.807, 2.05) is 0 Å². The number of nitrogens with one attached hydrogen (secondary N) is 1. The van der Waals surface area contributed by atoms with Gasteiger partial charge in [-0.05, 0) is 0 Å². The van der Waals surface area contributed by atoms with Crippen LogP contribution < -0.4 is 10.9 Å². The van der Waals surface area contributed by atoms with E-state index in [0.29, 0.717) is 11.6 Å². The summed E-state index contributed by atoms with van der Waals surface area (Å²) in [4.78, 5) is 15.2. The monoisotopic (exact) mass is 199 g/mol. The van der Waals surface area contributed by atoms with Gasteiger partial charge in [0.15, 0.2) is 5.82 Å². The minimum absolute atomic E-state index is 0.180. The highest BCUT2D eigenvalue weighted by atomic mass is 35.5. The third-order valence-corrected chi connectivity index (χ3v) is 1.60. The zero-order valence-corrected chi connectivity index (χ0v) is 8.01. The van der Waals surface area contributed by atoms with Crippen molar-refractivity contribution in [1.29, 1.82) is 0 Å². The predicted molar refractivity (Wildman–Crippen MR) is 53.0 cm³/mol. The quantitative estimate of drug-likeness (QED) is 0.789. The van der Waals surface area contributed by atoms with Crippen LogP contribution in [0.4, 0.5) is 5.82 Å². The lowest BCUT2D eigenvalue weighted by Crippen LogP contribution is -2.22. The van der Waals surface area contributed by atoms with E-state index in [4.69, 9.17) is 11.6 Å². The van der Waals surface area contributed by atoms with Crippen molar-refractivity contribution in [2.75, 3.05) is 11.9 Å². The molecule has 1 aromatic heterocycles.